The smallest absolute Gasteiger partial charge is 0.170 e. The van der Waals surface area contributed by atoms with E-state index in [0.29, 0.717) is 16.6 Å². The van der Waals surface area contributed by atoms with Crippen molar-refractivity contribution >= 4 is 17.4 Å². The Balaban J connectivity index is 2.13. The molecule has 0 saturated heterocycles. The topological polar surface area (TPSA) is 34.9 Å². The fourth-order valence-electron chi connectivity index (χ4n) is 2.01. The first-order valence-electron chi connectivity index (χ1n) is 6.84. The second-order valence-corrected chi connectivity index (χ2v) is 5.53. The molecule has 0 spiro atoms. The molecule has 0 bridgehead atoms. The van der Waals surface area contributed by atoms with Crippen LogP contribution in [0.25, 0.3) is 0 Å². The zero-order chi connectivity index (χ0) is 14.7. The molecule has 1 unspecified atom stereocenters. The SMILES string of the molecule is CCC(C)n1ccc(CC(=O)c2ccc(C)cc2Cl)n1. The maximum Gasteiger partial charge on any atom is 0.170 e. The van der Waals surface area contributed by atoms with E-state index < -0.39 is 0 Å². The Morgan fingerprint density at radius 3 is 2.80 bits per heavy atom. The highest BCUT2D eigenvalue weighted by Gasteiger charge is 2.13. The number of benzene rings is 1. The Morgan fingerprint density at radius 2 is 2.15 bits per heavy atom. The molecular formula is C16H19ClN2O. The predicted molar refractivity (Wildman–Crippen MR) is 81.5 cm³/mol. The van der Waals surface area contributed by atoms with Crippen LogP contribution in [0.1, 0.15) is 47.9 Å². The summed E-state index contributed by atoms with van der Waals surface area (Å²) in [6.45, 7) is 6.17. The van der Waals surface area contributed by atoms with Crippen molar-refractivity contribution in [2.24, 2.45) is 0 Å². The monoisotopic (exact) mass is 290 g/mol. The number of carbonyl (C=O) groups excluding carboxylic acids is 1. The molecule has 0 aliphatic heterocycles. The Hall–Kier alpha value is -1.61. The van der Waals surface area contributed by atoms with Gasteiger partial charge in [0.15, 0.2) is 5.78 Å². The average Bonchev–Trinajstić information content (AvgIpc) is 2.86. The van der Waals surface area contributed by atoms with Crippen LogP contribution in [0.5, 0.6) is 0 Å². The standard InChI is InChI=1S/C16H19ClN2O/c1-4-12(3)19-8-7-13(18-19)10-16(20)14-6-5-11(2)9-15(14)17/h5-9,12H,4,10H2,1-3H3. The van der Waals surface area contributed by atoms with E-state index in [4.69, 9.17) is 11.6 Å². The number of rotatable bonds is 5. The highest BCUT2D eigenvalue weighted by molar-refractivity contribution is 6.34. The van der Waals surface area contributed by atoms with Gasteiger partial charge in [-0.15, -0.1) is 0 Å². The molecule has 0 N–H and O–H groups in total. The van der Waals surface area contributed by atoms with Gasteiger partial charge in [-0.2, -0.15) is 5.10 Å². The molecule has 0 radical (unpaired) electrons. The van der Waals surface area contributed by atoms with Crippen molar-refractivity contribution in [3.8, 4) is 0 Å². The number of hydrogen-bond acceptors (Lipinski definition) is 2. The van der Waals surface area contributed by atoms with Crippen LogP contribution in [0.3, 0.4) is 0 Å². The molecule has 106 valence electrons. The maximum atomic E-state index is 12.3. The molecule has 0 amide bonds. The lowest BCUT2D eigenvalue weighted by Gasteiger charge is -2.08. The maximum absolute atomic E-state index is 12.3. The fourth-order valence-corrected chi connectivity index (χ4v) is 2.35. The van der Waals surface area contributed by atoms with Gasteiger partial charge in [-0.1, -0.05) is 24.6 Å². The largest absolute Gasteiger partial charge is 0.294 e. The van der Waals surface area contributed by atoms with Gasteiger partial charge >= 0.3 is 0 Å². The molecule has 1 atom stereocenters. The first-order valence-corrected chi connectivity index (χ1v) is 7.22. The minimum atomic E-state index is 0.00408. The van der Waals surface area contributed by atoms with Crippen LogP contribution < -0.4 is 0 Å². The highest BCUT2D eigenvalue weighted by Crippen LogP contribution is 2.19. The summed E-state index contributed by atoms with van der Waals surface area (Å²) in [5.41, 5.74) is 2.40. The summed E-state index contributed by atoms with van der Waals surface area (Å²) in [6.07, 6.45) is 3.22. The molecule has 3 nitrogen and oxygen atoms in total. The number of halogens is 1. The minimum Gasteiger partial charge on any atom is -0.294 e. The third kappa shape index (κ3) is 3.28. The third-order valence-electron chi connectivity index (χ3n) is 3.47. The molecule has 1 heterocycles. The van der Waals surface area contributed by atoms with Crippen molar-refractivity contribution in [3.05, 3.63) is 52.3 Å². The molecule has 20 heavy (non-hydrogen) atoms. The van der Waals surface area contributed by atoms with Crippen LogP contribution >= 0.6 is 11.6 Å². The Labute approximate surface area is 124 Å². The molecule has 1 aromatic carbocycles. The summed E-state index contributed by atoms with van der Waals surface area (Å²) in [4.78, 5) is 12.3. The molecule has 4 heteroatoms. The van der Waals surface area contributed by atoms with Gasteiger partial charge in [-0.25, -0.2) is 0 Å². The zero-order valence-corrected chi connectivity index (χ0v) is 12.8. The normalized spacial score (nSPS) is 12.4. The van der Waals surface area contributed by atoms with E-state index in [1.54, 1.807) is 6.07 Å². The summed E-state index contributed by atoms with van der Waals surface area (Å²) in [7, 11) is 0. The van der Waals surface area contributed by atoms with Gasteiger partial charge < -0.3 is 0 Å². The summed E-state index contributed by atoms with van der Waals surface area (Å²) in [6, 6.07) is 7.74. The summed E-state index contributed by atoms with van der Waals surface area (Å²) < 4.78 is 1.90. The molecular weight excluding hydrogens is 272 g/mol. The van der Waals surface area contributed by atoms with Gasteiger partial charge in [-0.05, 0) is 44.0 Å². The van der Waals surface area contributed by atoms with Crippen LogP contribution in [0.2, 0.25) is 5.02 Å². The van der Waals surface area contributed by atoms with Gasteiger partial charge in [0.25, 0.3) is 0 Å². The number of nitrogens with zero attached hydrogens (tertiary/aromatic N) is 2. The van der Waals surface area contributed by atoms with Crippen molar-refractivity contribution in [1.29, 1.82) is 0 Å². The zero-order valence-electron chi connectivity index (χ0n) is 12.1. The summed E-state index contributed by atoms with van der Waals surface area (Å²) in [5.74, 6) is 0.00408. The average molecular weight is 291 g/mol. The Bertz CT molecular complexity index is 619. The Kier molecular flexibility index (Phi) is 4.61. The lowest BCUT2D eigenvalue weighted by atomic mass is 10.1. The van der Waals surface area contributed by atoms with E-state index >= 15 is 0 Å². The second kappa shape index (κ2) is 6.23. The van der Waals surface area contributed by atoms with Crippen LogP contribution in [-0.2, 0) is 6.42 Å². The predicted octanol–water partition coefficient (Wildman–Crippen LogP) is 4.24. The molecule has 0 aliphatic rings. The van der Waals surface area contributed by atoms with Crippen molar-refractivity contribution < 1.29 is 4.79 Å². The van der Waals surface area contributed by atoms with Gasteiger partial charge in [0, 0.05) is 17.8 Å². The van der Waals surface area contributed by atoms with Gasteiger partial charge in [0.1, 0.15) is 0 Å². The van der Waals surface area contributed by atoms with Crippen LogP contribution in [-0.4, -0.2) is 15.6 Å². The second-order valence-electron chi connectivity index (χ2n) is 5.13. The van der Waals surface area contributed by atoms with E-state index in [1.807, 2.05) is 36.0 Å². The van der Waals surface area contributed by atoms with Crippen LogP contribution in [0.15, 0.2) is 30.5 Å². The fraction of sp³-hybridized carbons (Fsp3) is 0.375. The number of aromatic nitrogens is 2. The van der Waals surface area contributed by atoms with Crippen molar-refractivity contribution in [1.82, 2.24) is 9.78 Å². The van der Waals surface area contributed by atoms with Crippen LogP contribution in [0, 0.1) is 6.92 Å². The molecule has 2 aromatic rings. The Morgan fingerprint density at radius 1 is 1.40 bits per heavy atom. The summed E-state index contributed by atoms with van der Waals surface area (Å²) >= 11 is 6.12. The number of ketones is 1. The van der Waals surface area contributed by atoms with Crippen molar-refractivity contribution in [3.63, 3.8) is 0 Å². The first-order chi connectivity index (χ1) is 9.51. The van der Waals surface area contributed by atoms with Gasteiger partial charge in [0.2, 0.25) is 0 Å². The molecule has 0 aliphatic carbocycles. The lowest BCUT2D eigenvalue weighted by Crippen LogP contribution is -2.08. The van der Waals surface area contributed by atoms with Crippen LogP contribution in [0.4, 0.5) is 0 Å². The van der Waals surface area contributed by atoms with E-state index in [1.165, 1.54) is 0 Å². The van der Waals surface area contributed by atoms with E-state index in [9.17, 15) is 4.79 Å². The molecule has 0 fully saturated rings. The van der Waals surface area contributed by atoms with E-state index in [0.717, 1.165) is 17.7 Å². The minimum absolute atomic E-state index is 0.00408. The molecule has 0 saturated carbocycles. The number of aryl methyl sites for hydroxylation is 1. The summed E-state index contributed by atoms with van der Waals surface area (Å²) in [5, 5.41) is 4.96. The lowest BCUT2D eigenvalue weighted by molar-refractivity contribution is 0.0992. The van der Waals surface area contributed by atoms with Gasteiger partial charge in [0.05, 0.1) is 17.1 Å². The van der Waals surface area contributed by atoms with Gasteiger partial charge in [-0.3, -0.25) is 9.48 Å². The highest BCUT2D eigenvalue weighted by atomic mass is 35.5. The first kappa shape index (κ1) is 14.8. The quantitative estimate of drug-likeness (QED) is 0.772. The molecule has 1 aromatic heterocycles. The van der Waals surface area contributed by atoms with E-state index in [2.05, 4.69) is 18.9 Å². The molecule has 2 rings (SSSR count). The van der Waals surface area contributed by atoms with Crippen molar-refractivity contribution in [2.45, 2.75) is 39.7 Å². The third-order valence-corrected chi connectivity index (χ3v) is 3.79. The van der Waals surface area contributed by atoms with Crippen molar-refractivity contribution in [2.75, 3.05) is 0 Å². The number of hydrogen-bond donors (Lipinski definition) is 0. The number of carbonyl (C=O) groups is 1. The van der Waals surface area contributed by atoms with E-state index in [-0.39, 0.29) is 12.2 Å². The number of Topliss-reactive ketones (excluding diaryl/α,β-unsaturated/α-hetero) is 1.